The van der Waals surface area contributed by atoms with Gasteiger partial charge in [-0.25, -0.2) is 9.97 Å². The quantitative estimate of drug-likeness (QED) is 0.832. The molecule has 0 bridgehead atoms. The zero-order chi connectivity index (χ0) is 14.4. The fourth-order valence-electron chi connectivity index (χ4n) is 2.51. The standard InChI is InChI=1S/C15H25N3OS/c1-4-20-13-7-5-6-10-18(11-13)14-15(19-12(2)3)17-9-8-16-14/h8-9,12-13H,4-7,10-11H2,1-3H3. The third kappa shape index (κ3) is 4.27. The van der Waals surface area contributed by atoms with Crippen LogP contribution >= 0.6 is 11.8 Å². The lowest BCUT2D eigenvalue weighted by molar-refractivity contribution is 0.232. The van der Waals surface area contributed by atoms with E-state index in [1.54, 1.807) is 12.4 Å². The van der Waals surface area contributed by atoms with Crippen molar-refractivity contribution in [1.29, 1.82) is 0 Å². The minimum atomic E-state index is 0.123. The molecule has 1 aromatic heterocycles. The molecule has 1 aliphatic heterocycles. The van der Waals surface area contributed by atoms with Crippen LogP contribution < -0.4 is 9.64 Å². The van der Waals surface area contributed by atoms with Crippen molar-refractivity contribution in [2.75, 3.05) is 23.7 Å². The first-order valence-electron chi connectivity index (χ1n) is 7.55. The lowest BCUT2D eigenvalue weighted by atomic mass is 10.2. The molecule has 0 saturated carbocycles. The van der Waals surface area contributed by atoms with E-state index in [-0.39, 0.29) is 6.10 Å². The van der Waals surface area contributed by atoms with Gasteiger partial charge in [-0.15, -0.1) is 0 Å². The number of anilines is 1. The number of hydrogen-bond donors (Lipinski definition) is 0. The van der Waals surface area contributed by atoms with Gasteiger partial charge in [-0.3, -0.25) is 0 Å². The fraction of sp³-hybridized carbons (Fsp3) is 0.733. The van der Waals surface area contributed by atoms with E-state index in [0.717, 1.165) is 18.9 Å². The highest BCUT2D eigenvalue weighted by Gasteiger charge is 2.22. The Morgan fingerprint density at radius 1 is 1.35 bits per heavy atom. The van der Waals surface area contributed by atoms with Crippen molar-refractivity contribution in [3.05, 3.63) is 12.4 Å². The van der Waals surface area contributed by atoms with E-state index in [9.17, 15) is 0 Å². The lowest BCUT2D eigenvalue weighted by Crippen LogP contribution is -2.31. The lowest BCUT2D eigenvalue weighted by Gasteiger charge is -2.26. The summed E-state index contributed by atoms with van der Waals surface area (Å²) in [5, 5.41) is 0.691. The Kier molecular flexibility index (Phi) is 5.95. The first kappa shape index (κ1) is 15.4. The predicted molar refractivity (Wildman–Crippen MR) is 85.8 cm³/mol. The van der Waals surface area contributed by atoms with Crippen molar-refractivity contribution in [1.82, 2.24) is 9.97 Å². The van der Waals surface area contributed by atoms with Crippen LogP contribution in [0.5, 0.6) is 5.88 Å². The Morgan fingerprint density at radius 3 is 2.90 bits per heavy atom. The molecule has 0 N–H and O–H groups in total. The molecule has 112 valence electrons. The van der Waals surface area contributed by atoms with Crippen LogP contribution in [-0.4, -0.2) is 40.2 Å². The molecule has 2 rings (SSSR count). The van der Waals surface area contributed by atoms with Gasteiger partial charge in [0.1, 0.15) is 0 Å². The van der Waals surface area contributed by atoms with Crippen molar-refractivity contribution in [3.63, 3.8) is 0 Å². The van der Waals surface area contributed by atoms with E-state index in [1.807, 2.05) is 13.8 Å². The van der Waals surface area contributed by atoms with Gasteiger partial charge in [-0.2, -0.15) is 11.8 Å². The molecule has 5 heteroatoms. The van der Waals surface area contributed by atoms with Gasteiger partial charge in [0.2, 0.25) is 0 Å². The van der Waals surface area contributed by atoms with Gasteiger partial charge >= 0.3 is 0 Å². The second-order valence-electron chi connectivity index (χ2n) is 5.37. The maximum Gasteiger partial charge on any atom is 0.257 e. The van der Waals surface area contributed by atoms with Crippen LogP contribution in [0.2, 0.25) is 0 Å². The average molecular weight is 295 g/mol. The molecule has 1 saturated heterocycles. The van der Waals surface area contributed by atoms with Crippen molar-refractivity contribution >= 4 is 17.6 Å². The number of hydrogen-bond acceptors (Lipinski definition) is 5. The Hall–Kier alpha value is -0.970. The molecule has 0 aromatic carbocycles. The monoisotopic (exact) mass is 295 g/mol. The van der Waals surface area contributed by atoms with E-state index < -0.39 is 0 Å². The van der Waals surface area contributed by atoms with E-state index in [4.69, 9.17) is 4.74 Å². The Bertz CT molecular complexity index is 414. The summed E-state index contributed by atoms with van der Waals surface area (Å²) in [5.41, 5.74) is 0. The Labute approximate surface area is 126 Å². The minimum absolute atomic E-state index is 0.123. The summed E-state index contributed by atoms with van der Waals surface area (Å²) in [5.74, 6) is 2.75. The zero-order valence-corrected chi connectivity index (χ0v) is 13.5. The molecule has 4 nitrogen and oxygen atoms in total. The molecule has 0 amide bonds. The summed E-state index contributed by atoms with van der Waals surface area (Å²) in [6.45, 7) is 8.38. The highest BCUT2D eigenvalue weighted by atomic mass is 32.2. The summed E-state index contributed by atoms with van der Waals surface area (Å²) < 4.78 is 5.81. The Balaban J connectivity index is 2.16. The summed E-state index contributed by atoms with van der Waals surface area (Å²) in [6, 6.07) is 0. The van der Waals surface area contributed by atoms with Crippen molar-refractivity contribution in [2.24, 2.45) is 0 Å². The largest absolute Gasteiger partial charge is 0.472 e. The van der Waals surface area contributed by atoms with Gasteiger partial charge in [0.15, 0.2) is 5.82 Å². The minimum Gasteiger partial charge on any atom is -0.472 e. The first-order chi connectivity index (χ1) is 9.70. The molecule has 1 fully saturated rings. The average Bonchev–Trinajstić information content (AvgIpc) is 2.65. The molecule has 0 radical (unpaired) electrons. The van der Waals surface area contributed by atoms with Crippen LogP contribution in [0.25, 0.3) is 0 Å². The fourth-order valence-corrected chi connectivity index (χ4v) is 3.60. The molecule has 0 aliphatic carbocycles. The first-order valence-corrected chi connectivity index (χ1v) is 8.59. The topological polar surface area (TPSA) is 38.2 Å². The van der Waals surface area contributed by atoms with Crippen molar-refractivity contribution < 1.29 is 4.74 Å². The highest BCUT2D eigenvalue weighted by Crippen LogP contribution is 2.29. The number of aromatic nitrogens is 2. The smallest absolute Gasteiger partial charge is 0.257 e. The summed E-state index contributed by atoms with van der Waals surface area (Å²) in [6.07, 6.45) is 7.41. The van der Waals surface area contributed by atoms with Crippen LogP contribution in [0.4, 0.5) is 5.82 Å². The van der Waals surface area contributed by atoms with Gasteiger partial charge < -0.3 is 9.64 Å². The van der Waals surface area contributed by atoms with Crippen molar-refractivity contribution in [3.8, 4) is 5.88 Å². The maximum atomic E-state index is 5.81. The second-order valence-corrected chi connectivity index (χ2v) is 6.95. The molecule has 1 aromatic rings. The highest BCUT2D eigenvalue weighted by molar-refractivity contribution is 7.99. The third-order valence-corrected chi connectivity index (χ3v) is 4.51. The van der Waals surface area contributed by atoms with E-state index >= 15 is 0 Å². The summed E-state index contributed by atoms with van der Waals surface area (Å²) >= 11 is 2.05. The molecule has 20 heavy (non-hydrogen) atoms. The van der Waals surface area contributed by atoms with Gasteiger partial charge in [0, 0.05) is 30.7 Å². The third-order valence-electron chi connectivity index (χ3n) is 3.32. The van der Waals surface area contributed by atoms with Crippen LogP contribution in [0.15, 0.2) is 12.4 Å². The van der Waals surface area contributed by atoms with E-state index in [2.05, 4.69) is 33.6 Å². The zero-order valence-electron chi connectivity index (χ0n) is 12.7. The number of thioether (sulfide) groups is 1. The molecule has 0 spiro atoms. The number of rotatable bonds is 5. The molecule has 1 unspecified atom stereocenters. The van der Waals surface area contributed by atoms with E-state index in [0.29, 0.717) is 11.1 Å². The second kappa shape index (κ2) is 7.72. The predicted octanol–water partition coefficient (Wildman–Crippen LogP) is 3.38. The Morgan fingerprint density at radius 2 is 2.15 bits per heavy atom. The van der Waals surface area contributed by atoms with Gasteiger partial charge in [-0.1, -0.05) is 13.3 Å². The van der Waals surface area contributed by atoms with Crippen LogP contribution in [-0.2, 0) is 0 Å². The van der Waals surface area contributed by atoms with Gasteiger partial charge in [0.05, 0.1) is 6.10 Å². The van der Waals surface area contributed by atoms with Gasteiger partial charge in [-0.05, 0) is 32.4 Å². The van der Waals surface area contributed by atoms with Crippen molar-refractivity contribution in [2.45, 2.75) is 51.4 Å². The summed E-state index contributed by atoms with van der Waals surface area (Å²) in [7, 11) is 0. The summed E-state index contributed by atoms with van der Waals surface area (Å²) in [4.78, 5) is 11.2. The molecular weight excluding hydrogens is 270 g/mol. The van der Waals surface area contributed by atoms with Crippen LogP contribution in [0.1, 0.15) is 40.0 Å². The SMILES string of the molecule is CCSC1CCCCN(c2nccnc2OC(C)C)C1. The van der Waals surface area contributed by atoms with Crippen LogP contribution in [0.3, 0.4) is 0 Å². The number of ether oxygens (including phenoxy) is 1. The number of nitrogens with zero attached hydrogens (tertiary/aromatic N) is 3. The van der Waals surface area contributed by atoms with E-state index in [1.165, 1.54) is 25.0 Å². The molecular formula is C15H25N3OS. The molecule has 1 aliphatic rings. The normalized spacial score (nSPS) is 20.0. The maximum absolute atomic E-state index is 5.81. The molecule has 2 heterocycles. The molecule has 1 atom stereocenters. The van der Waals surface area contributed by atoms with Crippen LogP contribution in [0, 0.1) is 0 Å². The van der Waals surface area contributed by atoms with Gasteiger partial charge in [0.25, 0.3) is 5.88 Å².